The van der Waals surface area contributed by atoms with Crippen LogP contribution >= 0.6 is 0 Å². The van der Waals surface area contributed by atoms with E-state index in [-0.39, 0.29) is 30.2 Å². The molecular formula is C21H27N3O7S. The van der Waals surface area contributed by atoms with E-state index in [1.54, 1.807) is 31.2 Å². The molecule has 2 aromatic carbocycles. The molecule has 2 rings (SSSR count). The summed E-state index contributed by atoms with van der Waals surface area (Å²) in [6.07, 6.45) is 0. The lowest BCUT2D eigenvalue weighted by Crippen LogP contribution is -2.44. The zero-order valence-corrected chi connectivity index (χ0v) is 19.0. The van der Waals surface area contributed by atoms with E-state index in [1.807, 2.05) is 6.92 Å². The molecule has 0 saturated heterocycles. The summed E-state index contributed by atoms with van der Waals surface area (Å²) in [4.78, 5) is 24.5. The van der Waals surface area contributed by atoms with E-state index >= 15 is 0 Å². The molecule has 0 aliphatic heterocycles. The van der Waals surface area contributed by atoms with E-state index in [4.69, 9.17) is 14.2 Å². The first-order valence-corrected chi connectivity index (χ1v) is 11.3. The van der Waals surface area contributed by atoms with Crippen molar-refractivity contribution in [2.75, 3.05) is 33.5 Å². The average molecular weight is 466 g/mol. The van der Waals surface area contributed by atoms with E-state index < -0.39 is 21.8 Å². The molecule has 11 heteroatoms. The van der Waals surface area contributed by atoms with Gasteiger partial charge in [0.05, 0.1) is 18.1 Å². The van der Waals surface area contributed by atoms with Gasteiger partial charge >= 0.3 is 0 Å². The third-order valence-corrected chi connectivity index (χ3v) is 5.64. The van der Waals surface area contributed by atoms with Crippen molar-refractivity contribution in [3.05, 3.63) is 53.6 Å². The molecule has 0 bridgehead atoms. The normalized spacial score (nSPS) is 11.0. The zero-order valence-electron chi connectivity index (χ0n) is 18.1. The molecule has 0 radical (unpaired) electrons. The highest BCUT2D eigenvalue weighted by Gasteiger charge is 2.18. The molecule has 2 amide bonds. The van der Waals surface area contributed by atoms with Gasteiger partial charge in [-0.1, -0.05) is 18.2 Å². The van der Waals surface area contributed by atoms with Gasteiger partial charge in [0.15, 0.2) is 18.1 Å². The Hall–Kier alpha value is -3.15. The predicted octanol–water partition coefficient (Wildman–Crippen LogP) is 1.16. The standard InChI is InChI=1S/C21H27N3O7S/c1-4-30-18-7-5-6-8-19(18)31-14-20(25)23-24-21(26)17-13-16(10-9-15(17)2)32(27,28)22-11-12-29-3/h5-10,13,22H,4,11-12,14H2,1-3H3,(H,23,25)(H,24,26). The quantitative estimate of drug-likeness (QED) is 0.335. The van der Waals surface area contributed by atoms with Crippen LogP contribution < -0.4 is 25.0 Å². The summed E-state index contributed by atoms with van der Waals surface area (Å²) in [5.41, 5.74) is 5.14. The Kier molecular flexibility index (Phi) is 9.44. The molecule has 3 N–H and O–H groups in total. The maximum absolute atomic E-state index is 12.5. The van der Waals surface area contributed by atoms with Gasteiger partial charge in [0, 0.05) is 19.2 Å². The number of hydrogen-bond donors (Lipinski definition) is 3. The van der Waals surface area contributed by atoms with E-state index in [1.165, 1.54) is 25.3 Å². The summed E-state index contributed by atoms with van der Waals surface area (Å²) in [7, 11) is -2.36. The number of rotatable bonds is 11. The van der Waals surface area contributed by atoms with Gasteiger partial charge in [0.2, 0.25) is 10.0 Å². The SMILES string of the molecule is CCOc1ccccc1OCC(=O)NNC(=O)c1cc(S(=O)(=O)NCCOC)ccc1C. The molecule has 0 fully saturated rings. The minimum atomic E-state index is -3.81. The Morgan fingerprint density at radius 2 is 1.69 bits per heavy atom. The van der Waals surface area contributed by atoms with Crippen molar-refractivity contribution in [1.82, 2.24) is 15.6 Å². The van der Waals surface area contributed by atoms with Crippen LogP contribution in [0.4, 0.5) is 0 Å². The predicted molar refractivity (Wildman–Crippen MR) is 117 cm³/mol. The number of benzene rings is 2. The molecule has 174 valence electrons. The number of amides is 2. The minimum absolute atomic E-state index is 0.0773. The number of sulfonamides is 1. The van der Waals surface area contributed by atoms with E-state index in [0.717, 1.165) is 0 Å². The van der Waals surface area contributed by atoms with Crippen LogP contribution in [0.1, 0.15) is 22.8 Å². The largest absolute Gasteiger partial charge is 0.490 e. The van der Waals surface area contributed by atoms with Crippen LogP contribution in [0, 0.1) is 6.92 Å². The topological polar surface area (TPSA) is 132 Å². The highest BCUT2D eigenvalue weighted by molar-refractivity contribution is 7.89. The summed E-state index contributed by atoms with van der Waals surface area (Å²) < 4.78 is 42.8. The Balaban J connectivity index is 1.97. The summed E-state index contributed by atoms with van der Waals surface area (Å²) in [6.45, 7) is 3.87. The Morgan fingerprint density at radius 3 is 2.34 bits per heavy atom. The second kappa shape index (κ2) is 12.0. The van der Waals surface area contributed by atoms with Crippen LogP contribution in [0.15, 0.2) is 47.4 Å². The Labute approximate surface area is 187 Å². The number of hydrogen-bond acceptors (Lipinski definition) is 7. The Bertz CT molecular complexity index is 1040. The summed E-state index contributed by atoms with van der Waals surface area (Å²) in [5, 5.41) is 0. The number of para-hydroxylation sites is 2. The monoisotopic (exact) mass is 465 g/mol. The number of ether oxygens (including phenoxy) is 3. The molecule has 2 aromatic rings. The van der Waals surface area contributed by atoms with Crippen LogP contribution in [0.3, 0.4) is 0 Å². The maximum atomic E-state index is 12.5. The number of carbonyl (C=O) groups excluding carboxylic acids is 2. The second-order valence-electron chi connectivity index (χ2n) is 6.54. The molecule has 10 nitrogen and oxygen atoms in total. The van der Waals surface area contributed by atoms with Crippen molar-refractivity contribution in [3.63, 3.8) is 0 Å². The van der Waals surface area contributed by atoms with Crippen molar-refractivity contribution in [3.8, 4) is 11.5 Å². The third kappa shape index (κ3) is 7.22. The van der Waals surface area contributed by atoms with Crippen molar-refractivity contribution in [2.24, 2.45) is 0 Å². The number of carbonyl (C=O) groups is 2. The van der Waals surface area contributed by atoms with Gasteiger partial charge in [-0.05, 0) is 43.7 Å². The lowest BCUT2D eigenvalue weighted by molar-refractivity contribution is -0.123. The highest BCUT2D eigenvalue weighted by Crippen LogP contribution is 2.26. The molecule has 0 spiro atoms. The molecule has 0 saturated carbocycles. The van der Waals surface area contributed by atoms with Crippen LogP contribution in [-0.2, 0) is 19.6 Å². The maximum Gasteiger partial charge on any atom is 0.276 e. The molecule has 32 heavy (non-hydrogen) atoms. The molecule has 0 aromatic heterocycles. The van der Waals surface area contributed by atoms with Gasteiger partial charge in [0.1, 0.15) is 0 Å². The fourth-order valence-corrected chi connectivity index (χ4v) is 3.63. The first-order valence-electron chi connectivity index (χ1n) is 9.81. The smallest absolute Gasteiger partial charge is 0.276 e. The van der Waals surface area contributed by atoms with Gasteiger partial charge in [-0.25, -0.2) is 13.1 Å². The molecule has 0 heterocycles. The fraction of sp³-hybridized carbons (Fsp3) is 0.333. The number of nitrogens with one attached hydrogen (secondary N) is 3. The highest BCUT2D eigenvalue weighted by atomic mass is 32.2. The van der Waals surface area contributed by atoms with E-state index in [0.29, 0.717) is 23.7 Å². The summed E-state index contributed by atoms with van der Waals surface area (Å²) >= 11 is 0. The summed E-state index contributed by atoms with van der Waals surface area (Å²) in [6, 6.07) is 11.0. The van der Waals surface area contributed by atoms with E-state index in [9.17, 15) is 18.0 Å². The molecule has 0 aliphatic carbocycles. The van der Waals surface area contributed by atoms with Crippen LogP contribution in [0.25, 0.3) is 0 Å². The van der Waals surface area contributed by atoms with Crippen molar-refractivity contribution in [1.29, 1.82) is 0 Å². The first kappa shape index (κ1) is 25.1. The van der Waals surface area contributed by atoms with Gasteiger partial charge in [-0.3, -0.25) is 20.4 Å². The molecule has 0 aliphatic rings. The van der Waals surface area contributed by atoms with Crippen molar-refractivity contribution < 1.29 is 32.2 Å². The summed E-state index contributed by atoms with van der Waals surface area (Å²) in [5.74, 6) is -0.378. The number of hydrazine groups is 1. The van der Waals surface area contributed by atoms with Gasteiger partial charge in [-0.15, -0.1) is 0 Å². The van der Waals surface area contributed by atoms with Crippen LogP contribution in [0.2, 0.25) is 0 Å². The van der Waals surface area contributed by atoms with Crippen LogP contribution in [-0.4, -0.2) is 53.7 Å². The van der Waals surface area contributed by atoms with Crippen LogP contribution in [0.5, 0.6) is 11.5 Å². The first-order chi connectivity index (χ1) is 15.3. The molecular weight excluding hydrogens is 438 g/mol. The van der Waals surface area contributed by atoms with E-state index in [2.05, 4.69) is 15.6 Å². The Morgan fingerprint density at radius 1 is 1.00 bits per heavy atom. The van der Waals surface area contributed by atoms with Gasteiger partial charge in [0.25, 0.3) is 11.8 Å². The molecule has 0 unspecified atom stereocenters. The van der Waals surface area contributed by atoms with Gasteiger partial charge in [-0.2, -0.15) is 0 Å². The molecule has 0 atom stereocenters. The number of methoxy groups -OCH3 is 1. The average Bonchev–Trinajstić information content (AvgIpc) is 2.77. The lowest BCUT2D eigenvalue weighted by atomic mass is 10.1. The second-order valence-corrected chi connectivity index (χ2v) is 8.30. The van der Waals surface area contributed by atoms with Crippen molar-refractivity contribution >= 4 is 21.8 Å². The minimum Gasteiger partial charge on any atom is -0.490 e. The fourth-order valence-electron chi connectivity index (χ4n) is 2.59. The van der Waals surface area contributed by atoms with Crippen molar-refractivity contribution in [2.45, 2.75) is 18.7 Å². The zero-order chi connectivity index (χ0) is 23.6. The van der Waals surface area contributed by atoms with Gasteiger partial charge < -0.3 is 14.2 Å². The lowest BCUT2D eigenvalue weighted by Gasteiger charge is -2.13. The number of aryl methyl sites for hydroxylation is 1. The third-order valence-electron chi connectivity index (χ3n) is 4.19.